The highest BCUT2D eigenvalue weighted by molar-refractivity contribution is 5.96. The molecule has 0 aliphatic rings. The van der Waals surface area contributed by atoms with Gasteiger partial charge in [0.15, 0.2) is 0 Å². The zero-order valence-corrected chi connectivity index (χ0v) is 19.2. The Bertz CT molecular complexity index is 1040. The van der Waals surface area contributed by atoms with Gasteiger partial charge in [-0.3, -0.25) is 9.48 Å². The predicted molar refractivity (Wildman–Crippen MR) is 124 cm³/mol. The first-order valence-corrected chi connectivity index (χ1v) is 10.9. The van der Waals surface area contributed by atoms with Crippen LogP contribution in [0.1, 0.15) is 53.1 Å². The minimum atomic E-state index is -0.694. The molecule has 168 valence electrons. The maximum absolute atomic E-state index is 12.8. The summed E-state index contributed by atoms with van der Waals surface area (Å²) in [5.41, 5.74) is 4.54. The number of nitrogens with one attached hydrogen (secondary N) is 1. The van der Waals surface area contributed by atoms with Gasteiger partial charge in [-0.15, -0.1) is 0 Å². The zero-order valence-electron chi connectivity index (χ0n) is 19.2. The number of hydrogen-bond acceptors (Lipinski definition) is 4. The second-order valence-corrected chi connectivity index (χ2v) is 8.53. The fraction of sp³-hybridized carbons (Fsp3) is 0.346. The van der Waals surface area contributed by atoms with Crippen molar-refractivity contribution in [2.24, 2.45) is 5.92 Å². The third-order valence-corrected chi connectivity index (χ3v) is 5.17. The lowest BCUT2D eigenvalue weighted by atomic mass is 10.0. The number of ether oxygens (including phenoxy) is 1. The van der Waals surface area contributed by atoms with E-state index in [1.807, 2.05) is 80.9 Å². The molecule has 0 fully saturated rings. The molecule has 32 heavy (non-hydrogen) atoms. The molecule has 0 bridgehead atoms. The van der Waals surface area contributed by atoms with E-state index in [0.717, 1.165) is 22.5 Å². The molecule has 1 atom stereocenters. The minimum Gasteiger partial charge on any atom is -0.459 e. The normalized spacial score (nSPS) is 11.9. The Morgan fingerprint density at radius 1 is 1.00 bits per heavy atom. The molecule has 0 saturated carbocycles. The summed E-state index contributed by atoms with van der Waals surface area (Å²) in [7, 11) is 0. The van der Waals surface area contributed by atoms with Crippen LogP contribution in [0.25, 0.3) is 0 Å². The largest absolute Gasteiger partial charge is 0.459 e. The molecule has 1 heterocycles. The Kier molecular flexibility index (Phi) is 7.82. The van der Waals surface area contributed by atoms with Crippen molar-refractivity contribution in [1.82, 2.24) is 15.1 Å². The number of carbonyl (C=O) groups is 2. The fourth-order valence-corrected chi connectivity index (χ4v) is 3.53. The minimum absolute atomic E-state index is 0.186. The third-order valence-electron chi connectivity index (χ3n) is 5.17. The Morgan fingerprint density at radius 3 is 2.28 bits per heavy atom. The van der Waals surface area contributed by atoms with Crippen molar-refractivity contribution in [3.05, 3.63) is 88.7 Å². The number of carbonyl (C=O) groups excluding carboxylic acids is 2. The van der Waals surface area contributed by atoms with Crippen LogP contribution >= 0.6 is 0 Å². The summed E-state index contributed by atoms with van der Waals surface area (Å²) in [5.74, 6) is -0.477. The van der Waals surface area contributed by atoms with Crippen molar-refractivity contribution in [2.75, 3.05) is 0 Å². The van der Waals surface area contributed by atoms with Gasteiger partial charge in [0.1, 0.15) is 12.6 Å². The van der Waals surface area contributed by atoms with Crippen molar-refractivity contribution in [1.29, 1.82) is 0 Å². The van der Waals surface area contributed by atoms with E-state index in [2.05, 4.69) is 10.4 Å². The van der Waals surface area contributed by atoms with Crippen LogP contribution in [0.4, 0.5) is 0 Å². The monoisotopic (exact) mass is 433 g/mol. The molecular weight excluding hydrogens is 402 g/mol. The number of aromatic nitrogens is 2. The summed E-state index contributed by atoms with van der Waals surface area (Å²) in [5, 5.41) is 7.33. The molecule has 0 unspecified atom stereocenters. The van der Waals surface area contributed by atoms with Gasteiger partial charge in [-0.2, -0.15) is 5.10 Å². The van der Waals surface area contributed by atoms with E-state index in [1.54, 1.807) is 12.1 Å². The van der Waals surface area contributed by atoms with Crippen molar-refractivity contribution >= 4 is 11.9 Å². The standard InChI is InChI=1S/C26H31N3O3/c1-18(2)14-24(26(31)32-17-22-8-6-5-7-9-22)27-25(30)23-12-10-21(11-13-23)16-29-20(4)15-19(3)28-29/h5-13,15,18,24H,14,16-17H2,1-4H3,(H,27,30)/t24-/m0/s1. The highest BCUT2D eigenvalue weighted by atomic mass is 16.5. The van der Waals surface area contributed by atoms with Gasteiger partial charge in [0.25, 0.3) is 5.91 Å². The number of benzene rings is 2. The van der Waals surface area contributed by atoms with Crippen LogP contribution < -0.4 is 5.32 Å². The van der Waals surface area contributed by atoms with E-state index in [9.17, 15) is 9.59 Å². The van der Waals surface area contributed by atoms with Crippen LogP contribution in [0, 0.1) is 19.8 Å². The Labute approximate surface area is 189 Å². The van der Waals surface area contributed by atoms with Crippen molar-refractivity contribution < 1.29 is 14.3 Å². The molecule has 0 saturated heterocycles. The molecule has 6 nitrogen and oxygen atoms in total. The van der Waals surface area contributed by atoms with Gasteiger partial charge in [-0.25, -0.2) is 4.79 Å². The lowest BCUT2D eigenvalue weighted by Gasteiger charge is -2.19. The van der Waals surface area contributed by atoms with E-state index in [-0.39, 0.29) is 18.4 Å². The molecule has 6 heteroatoms. The number of esters is 1. The number of nitrogens with zero attached hydrogens (tertiary/aromatic N) is 2. The molecule has 3 aromatic rings. The van der Waals surface area contributed by atoms with Gasteiger partial charge in [-0.1, -0.05) is 56.3 Å². The number of aryl methyl sites for hydroxylation is 2. The van der Waals surface area contributed by atoms with Crippen molar-refractivity contribution in [2.45, 2.75) is 53.3 Å². The average Bonchev–Trinajstić information content (AvgIpc) is 3.08. The topological polar surface area (TPSA) is 73.2 Å². The molecule has 1 amide bonds. The highest BCUT2D eigenvalue weighted by Gasteiger charge is 2.24. The molecule has 3 rings (SSSR count). The summed E-state index contributed by atoms with van der Waals surface area (Å²) in [6, 6.07) is 18.2. The highest BCUT2D eigenvalue weighted by Crippen LogP contribution is 2.12. The van der Waals surface area contributed by atoms with Crippen molar-refractivity contribution in [3.63, 3.8) is 0 Å². The molecule has 0 radical (unpaired) electrons. The Balaban J connectivity index is 1.62. The Hall–Kier alpha value is -3.41. The van der Waals surface area contributed by atoms with Gasteiger partial charge in [0.05, 0.1) is 12.2 Å². The number of rotatable bonds is 9. The van der Waals surface area contributed by atoms with Crippen LogP contribution in [-0.4, -0.2) is 27.7 Å². The van der Waals surface area contributed by atoms with E-state index in [0.29, 0.717) is 18.5 Å². The van der Waals surface area contributed by atoms with Crippen LogP contribution in [0.3, 0.4) is 0 Å². The Morgan fingerprint density at radius 2 is 1.69 bits per heavy atom. The first-order chi connectivity index (χ1) is 15.3. The maximum Gasteiger partial charge on any atom is 0.328 e. The summed E-state index contributed by atoms with van der Waals surface area (Å²) >= 11 is 0. The average molecular weight is 434 g/mol. The second kappa shape index (κ2) is 10.8. The number of hydrogen-bond donors (Lipinski definition) is 1. The maximum atomic E-state index is 12.8. The molecule has 2 aromatic carbocycles. The van der Waals surface area contributed by atoms with Crippen LogP contribution in [-0.2, 0) is 22.7 Å². The quantitative estimate of drug-likeness (QED) is 0.507. The van der Waals surface area contributed by atoms with E-state index >= 15 is 0 Å². The number of amides is 1. The molecule has 0 aliphatic carbocycles. The molecule has 0 aliphatic heterocycles. The summed E-state index contributed by atoms with van der Waals surface area (Å²) in [6.07, 6.45) is 0.509. The first-order valence-electron chi connectivity index (χ1n) is 10.9. The summed E-state index contributed by atoms with van der Waals surface area (Å²) < 4.78 is 7.40. The van der Waals surface area contributed by atoms with Gasteiger partial charge in [-0.05, 0) is 55.5 Å². The van der Waals surface area contributed by atoms with Gasteiger partial charge in [0.2, 0.25) is 0 Å². The third kappa shape index (κ3) is 6.54. The molecule has 1 N–H and O–H groups in total. The van der Waals surface area contributed by atoms with Gasteiger partial charge >= 0.3 is 5.97 Å². The zero-order chi connectivity index (χ0) is 23.1. The SMILES string of the molecule is Cc1cc(C)n(Cc2ccc(C(=O)N[C@@H](CC(C)C)C(=O)OCc3ccccc3)cc2)n1. The van der Waals surface area contributed by atoms with Crippen LogP contribution in [0.15, 0.2) is 60.7 Å². The molecular formula is C26H31N3O3. The summed E-state index contributed by atoms with van der Waals surface area (Å²) in [4.78, 5) is 25.5. The van der Waals surface area contributed by atoms with Crippen molar-refractivity contribution in [3.8, 4) is 0 Å². The van der Waals surface area contributed by atoms with Crippen LogP contribution in [0.5, 0.6) is 0 Å². The fourth-order valence-electron chi connectivity index (χ4n) is 3.53. The lowest BCUT2D eigenvalue weighted by Crippen LogP contribution is -2.42. The van der Waals surface area contributed by atoms with E-state index in [4.69, 9.17) is 4.74 Å². The smallest absolute Gasteiger partial charge is 0.328 e. The molecule has 0 spiro atoms. The first kappa shape index (κ1) is 23.3. The van der Waals surface area contributed by atoms with Gasteiger partial charge in [0, 0.05) is 11.3 Å². The second-order valence-electron chi connectivity index (χ2n) is 8.53. The summed E-state index contributed by atoms with van der Waals surface area (Å²) in [6.45, 7) is 8.84. The molecule has 1 aromatic heterocycles. The van der Waals surface area contributed by atoms with Crippen LogP contribution in [0.2, 0.25) is 0 Å². The van der Waals surface area contributed by atoms with E-state index < -0.39 is 12.0 Å². The predicted octanol–water partition coefficient (Wildman–Crippen LogP) is 4.44. The van der Waals surface area contributed by atoms with E-state index in [1.165, 1.54) is 0 Å². The lowest BCUT2D eigenvalue weighted by molar-refractivity contribution is -0.147. The van der Waals surface area contributed by atoms with Gasteiger partial charge < -0.3 is 10.1 Å².